The van der Waals surface area contributed by atoms with Gasteiger partial charge in [0.15, 0.2) is 0 Å². The van der Waals surface area contributed by atoms with Crippen molar-refractivity contribution < 1.29 is 32.9 Å². The highest BCUT2D eigenvalue weighted by atomic mass is 19.4. The molecule has 0 aliphatic rings. The fourth-order valence-corrected chi connectivity index (χ4v) is 4.57. The van der Waals surface area contributed by atoms with Crippen molar-refractivity contribution in [1.82, 2.24) is 0 Å². The van der Waals surface area contributed by atoms with E-state index in [0.717, 1.165) is 57.3 Å². The first-order chi connectivity index (χ1) is 18.0. The Morgan fingerprint density at radius 1 is 0.947 bits per heavy atom. The van der Waals surface area contributed by atoms with Crippen molar-refractivity contribution in [3.05, 3.63) is 64.2 Å². The van der Waals surface area contributed by atoms with E-state index in [9.17, 15) is 28.2 Å². The lowest BCUT2D eigenvalue weighted by Gasteiger charge is -2.23. The number of alkyl halides is 3. The molecular formula is C31H39F3O4. The number of aromatic carboxylic acids is 1. The van der Waals surface area contributed by atoms with Crippen LogP contribution in [0.1, 0.15) is 98.8 Å². The molecule has 2 aromatic carbocycles. The van der Waals surface area contributed by atoms with Gasteiger partial charge in [-0.2, -0.15) is 13.2 Å². The van der Waals surface area contributed by atoms with E-state index in [1.54, 1.807) is 12.1 Å². The zero-order valence-electron chi connectivity index (χ0n) is 22.7. The van der Waals surface area contributed by atoms with Gasteiger partial charge in [-0.15, -0.1) is 0 Å². The Balaban J connectivity index is 2.14. The fourth-order valence-electron chi connectivity index (χ4n) is 4.57. The van der Waals surface area contributed by atoms with Crippen molar-refractivity contribution in [3.8, 4) is 17.6 Å². The highest BCUT2D eigenvalue weighted by molar-refractivity contribution is 5.88. The second kappa shape index (κ2) is 14.8. The van der Waals surface area contributed by atoms with E-state index in [2.05, 4.69) is 32.6 Å². The van der Waals surface area contributed by atoms with Crippen LogP contribution < -0.4 is 0 Å². The second-order valence-electron chi connectivity index (χ2n) is 9.94. The van der Waals surface area contributed by atoms with Gasteiger partial charge in [0.2, 0.25) is 0 Å². The molecule has 4 nitrogen and oxygen atoms in total. The molecule has 2 N–H and O–H groups in total. The van der Waals surface area contributed by atoms with Gasteiger partial charge in [-0.05, 0) is 92.8 Å². The van der Waals surface area contributed by atoms with Gasteiger partial charge in [0.05, 0.1) is 17.2 Å². The van der Waals surface area contributed by atoms with Gasteiger partial charge in [0, 0.05) is 17.7 Å². The van der Waals surface area contributed by atoms with Gasteiger partial charge in [-0.3, -0.25) is 0 Å². The Hall–Kier alpha value is -2.98. The van der Waals surface area contributed by atoms with E-state index < -0.39 is 23.5 Å². The maximum Gasteiger partial charge on any atom is 0.417 e. The van der Waals surface area contributed by atoms with Crippen LogP contribution in [0, 0.1) is 23.7 Å². The first-order valence-corrected chi connectivity index (χ1v) is 13.4. The molecule has 0 aromatic heterocycles. The molecular weight excluding hydrogens is 493 g/mol. The van der Waals surface area contributed by atoms with E-state index in [0.29, 0.717) is 41.6 Å². The summed E-state index contributed by atoms with van der Waals surface area (Å²) in [5, 5.41) is 18.9. The smallest absolute Gasteiger partial charge is 0.417 e. The lowest BCUT2D eigenvalue weighted by Crippen LogP contribution is -2.16. The SMILES string of the molecule is CCCC(CCC(C)C(C)CCCc1cc(C(=O)O)ccc1C#Cc1ccc(O)cc1C(F)(F)F)OCC. The third-order valence-electron chi connectivity index (χ3n) is 7.03. The zero-order chi connectivity index (χ0) is 28.3. The molecule has 0 bridgehead atoms. The highest BCUT2D eigenvalue weighted by Crippen LogP contribution is 2.34. The maximum atomic E-state index is 13.4. The summed E-state index contributed by atoms with van der Waals surface area (Å²) in [5.74, 6) is 4.80. The summed E-state index contributed by atoms with van der Waals surface area (Å²) < 4.78 is 46.1. The summed E-state index contributed by atoms with van der Waals surface area (Å²) >= 11 is 0. The average molecular weight is 533 g/mol. The van der Waals surface area contributed by atoms with Crippen LogP contribution in [0.25, 0.3) is 0 Å². The third kappa shape index (κ3) is 9.72. The van der Waals surface area contributed by atoms with Gasteiger partial charge < -0.3 is 14.9 Å². The summed E-state index contributed by atoms with van der Waals surface area (Å²) in [5.41, 5.74) is 0.0481. The predicted octanol–water partition coefficient (Wildman–Crippen LogP) is 8.09. The van der Waals surface area contributed by atoms with Gasteiger partial charge in [-0.25, -0.2) is 4.79 Å². The first kappa shape index (κ1) is 31.2. The van der Waals surface area contributed by atoms with Crippen molar-refractivity contribution >= 4 is 5.97 Å². The summed E-state index contributed by atoms with van der Waals surface area (Å²) in [7, 11) is 0. The Morgan fingerprint density at radius 2 is 1.61 bits per heavy atom. The van der Waals surface area contributed by atoms with E-state index in [1.807, 2.05) is 6.92 Å². The summed E-state index contributed by atoms with van der Waals surface area (Å²) in [6.07, 6.45) is 2.22. The molecule has 0 heterocycles. The van der Waals surface area contributed by atoms with Gasteiger partial charge >= 0.3 is 12.1 Å². The van der Waals surface area contributed by atoms with Gasteiger partial charge in [0.25, 0.3) is 0 Å². The summed E-state index contributed by atoms with van der Waals surface area (Å²) in [4.78, 5) is 11.5. The molecule has 0 saturated carbocycles. The van der Waals surface area contributed by atoms with Crippen LogP contribution in [-0.4, -0.2) is 28.9 Å². The Morgan fingerprint density at radius 3 is 2.24 bits per heavy atom. The average Bonchev–Trinajstić information content (AvgIpc) is 2.86. The van der Waals surface area contributed by atoms with Gasteiger partial charge in [-0.1, -0.05) is 45.5 Å². The number of carboxylic acids is 1. The van der Waals surface area contributed by atoms with Gasteiger partial charge in [0.1, 0.15) is 5.75 Å². The first-order valence-electron chi connectivity index (χ1n) is 13.4. The molecule has 38 heavy (non-hydrogen) atoms. The molecule has 7 heteroatoms. The minimum Gasteiger partial charge on any atom is -0.508 e. The Labute approximate surface area is 224 Å². The van der Waals surface area contributed by atoms with Crippen LogP contribution in [0.4, 0.5) is 13.2 Å². The van der Waals surface area contributed by atoms with E-state index >= 15 is 0 Å². The number of aromatic hydroxyl groups is 1. The quantitative estimate of drug-likeness (QED) is 0.256. The lowest BCUT2D eigenvalue weighted by molar-refractivity contribution is -0.137. The molecule has 3 atom stereocenters. The number of ether oxygens (including phenoxy) is 1. The van der Waals surface area contributed by atoms with Crippen LogP contribution in [0.5, 0.6) is 5.75 Å². The molecule has 0 aliphatic heterocycles. The summed E-state index contributed by atoms with van der Waals surface area (Å²) in [6.45, 7) is 9.37. The topological polar surface area (TPSA) is 66.8 Å². The number of carbonyl (C=O) groups is 1. The maximum absolute atomic E-state index is 13.4. The molecule has 0 fully saturated rings. The highest BCUT2D eigenvalue weighted by Gasteiger charge is 2.33. The molecule has 2 aromatic rings. The van der Waals surface area contributed by atoms with Crippen LogP contribution >= 0.6 is 0 Å². The van der Waals surface area contributed by atoms with Crippen LogP contribution in [-0.2, 0) is 17.3 Å². The zero-order valence-corrected chi connectivity index (χ0v) is 22.7. The number of halogens is 3. The molecule has 0 spiro atoms. The van der Waals surface area contributed by atoms with E-state index in [4.69, 9.17) is 4.74 Å². The third-order valence-corrected chi connectivity index (χ3v) is 7.03. The Kier molecular flexibility index (Phi) is 12.2. The van der Waals surface area contributed by atoms with E-state index in [-0.39, 0.29) is 11.1 Å². The fraction of sp³-hybridized carbons (Fsp3) is 0.516. The monoisotopic (exact) mass is 532 g/mol. The number of hydrogen-bond donors (Lipinski definition) is 2. The lowest BCUT2D eigenvalue weighted by atomic mass is 9.85. The molecule has 208 valence electrons. The number of carboxylic acid groups (broad SMARTS) is 1. The van der Waals surface area contributed by atoms with Crippen molar-refractivity contribution in [3.63, 3.8) is 0 Å². The minimum absolute atomic E-state index is 0.116. The number of phenolic OH excluding ortho intramolecular Hbond substituents is 1. The molecule has 0 amide bonds. The second-order valence-corrected chi connectivity index (χ2v) is 9.94. The van der Waals surface area contributed by atoms with Crippen molar-refractivity contribution in [1.29, 1.82) is 0 Å². The molecule has 0 radical (unpaired) electrons. The summed E-state index contributed by atoms with van der Waals surface area (Å²) in [6, 6.07) is 7.46. The largest absolute Gasteiger partial charge is 0.508 e. The normalized spacial score (nSPS) is 13.9. The number of rotatable bonds is 13. The Bertz CT molecular complexity index is 1110. The van der Waals surface area contributed by atoms with Crippen molar-refractivity contribution in [2.24, 2.45) is 11.8 Å². The number of phenols is 1. The molecule has 3 unspecified atom stereocenters. The van der Waals surface area contributed by atoms with Crippen LogP contribution in [0.3, 0.4) is 0 Å². The number of aryl methyl sites for hydroxylation is 1. The van der Waals surface area contributed by atoms with E-state index in [1.165, 1.54) is 6.07 Å². The van der Waals surface area contributed by atoms with Crippen LogP contribution in [0.2, 0.25) is 0 Å². The molecule has 2 rings (SSSR count). The van der Waals surface area contributed by atoms with Crippen molar-refractivity contribution in [2.45, 2.75) is 84.9 Å². The molecule has 0 aliphatic carbocycles. The van der Waals surface area contributed by atoms with Crippen molar-refractivity contribution in [2.75, 3.05) is 6.61 Å². The molecule has 0 saturated heterocycles. The standard InChI is InChI=1S/C31H39F3O4/c1-5-8-28(38-6-2)18-11-22(4)21(3)9-7-10-25-19-26(30(36)37)15-13-23(25)12-14-24-16-17-27(35)20-29(24)31(32,33)34/h13,15-17,19-22,28,35H,5-11,18H2,1-4H3,(H,36,37). The number of hydrogen-bond acceptors (Lipinski definition) is 3. The number of benzene rings is 2. The minimum atomic E-state index is -4.66. The predicted molar refractivity (Wildman–Crippen MR) is 143 cm³/mol. The van der Waals surface area contributed by atoms with Crippen LogP contribution in [0.15, 0.2) is 36.4 Å².